The molecule has 0 rings (SSSR count). The molecular weight excluding hydrogens is 237 g/mol. The molecule has 0 aromatic rings. The SMILES string of the molecule is CCOCCCCC[C@H](OC(C)=O)C(F)(F)F. The van der Waals surface area contributed by atoms with E-state index in [1.54, 1.807) is 0 Å². The fourth-order valence-electron chi connectivity index (χ4n) is 1.34. The lowest BCUT2D eigenvalue weighted by atomic mass is 10.1. The number of carbonyl (C=O) groups excluding carboxylic acids is 1. The van der Waals surface area contributed by atoms with E-state index in [0.717, 1.165) is 13.3 Å². The summed E-state index contributed by atoms with van der Waals surface area (Å²) in [5, 5.41) is 0. The van der Waals surface area contributed by atoms with Crippen molar-refractivity contribution in [3.05, 3.63) is 0 Å². The van der Waals surface area contributed by atoms with Crippen LogP contribution in [0.4, 0.5) is 13.2 Å². The first-order chi connectivity index (χ1) is 7.88. The lowest BCUT2D eigenvalue weighted by molar-refractivity contribution is -0.221. The number of hydrogen-bond acceptors (Lipinski definition) is 3. The topological polar surface area (TPSA) is 35.5 Å². The largest absolute Gasteiger partial charge is 0.453 e. The monoisotopic (exact) mass is 256 g/mol. The lowest BCUT2D eigenvalue weighted by Gasteiger charge is -2.19. The third-order valence-electron chi connectivity index (χ3n) is 2.13. The minimum absolute atomic E-state index is 0.185. The summed E-state index contributed by atoms with van der Waals surface area (Å²) in [5.41, 5.74) is 0. The molecular formula is C11H19F3O3. The lowest BCUT2D eigenvalue weighted by Crippen LogP contribution is -2.33. The van der Waals surface area contributed by atoms with Gasteiger partial charge in [0, 0.05) is 20.1 Å². The van der Waals surface area contributed by atoms with Gasteiger partial charge in [-0.1, -0.05) is 6.42 Å². The second-order valence-electron chi connectivity index (χ2n) is 3.69. The van der Waals surface area contributed by atoms with Gasteiger partial charge in [-0.05, 0) is 26.2 Å². The molecule has 0 aliphatic rings. The highest BCUT2D eigenvalue weighted by Gasteiger charge is 2.41. The van der Waals surface area contributed by atoms with Gasteiger partial charge >= 0.3 is 12.1 Å². The van der Waals surface area contributed by atoms with Crippen LogP contribution in [-0.4, -0.2) is 31.5 Å². The highest BCUT2D eigenvalue weighted by Crippen LogP contribution is 2.27. The van der Waals surface area contributed by atoms with Crippen LogP contribution in [0.3, 0.4) is 0 Å². The van der Waals surface area contributed by atoms with Crippen LogP contribution in [0.25, 0.3) is 0 Å². The zero-order valence-corrected chi connectivity index (χ0v) is 10.2. The Labute approximate surface area is 99.3 Å². The number of halogens is 3. The van der Waals surface area contributed by atoms with Crippen molar-refractivity contribution in [1.29, 1.82) is 0 Å². The van der Waals surface area contributed by atoms with Crippen LogP contribution in [-0.2, 0) is 14.3 Å². The number of unbranched alkanes of at least 4 members (excludes halogenated alkanes) is 2. The Morgan fingerprint density at radius 2 is 1.88 bits per heavy atom. The standard InChI is InChI=1S/C11H19F3O3/c1-3-16-8-6-4-5-7-10(11(12,13)14)17-9(2)15/h10H,3-8H2,1-2H3/t10-/m0/s1. The molecule has 0 saturated carbocycles. The second-order valence-corrected chi connectivity index (χ2v) is 3.69. The Morgan fingerprint density at radius 1 is 1.24 bits per heavy atom. The Bertz CT molecular complexity index is 216. The number of rotatable bonds is 8. The van der Waals surface area contributed by atoms with E-state index < -0.39 is 18.2 Å². The minimum Gasteiger partial charge on any atom is -0.453 e. The van der Waals surface area contributed by atoms with Gasteiger partial charge in [-0.25, -0.2) is 0 Å². The average molecular weight is 256 g/mol. The summed E-state index contributed by atoms with van der Waals surface area (Å²) in [7, 11) is 0. The van der Waals surface area contributed by atoms with Gasteiger partial charge in [-0.15, -0.1) is 0 Å². The van der Waals surface area contributed by atoms with Gasteiger partial charge in [0.05, 0.1) is 0 Å². The maximum absolute atomic E-state index is 12.4. The van der Waals surface area contributed by atoms with Crippen LogP contribution < -0.4 is 0 Å². The number of alkyl halides is 3. The summed E-state index contributed by atoms with van der Waals surface area (Å²) in [6.07, 6.45) is -4.93. The Balaban J connectivity index is 3.81. The van der Waals surface area contributed by atoms with Crippen LogP contribution in [0.1, 0.15) is 39.5 Å². The predicted octanol–water partition coefficient (Wildman–Crippen LogP) is 3.08. The Hall–Kier alpha value is -0.780. The second kappa shape index (κ2) is 8.33. The summed E-state index contributed by atoms with van der Waals surface area (Å²) in [6.45, 7) is 4.01. The normalized spacial score (nSPS) is 13.5. The first kappa shape index (κ1) is 16.2. The van der Waals surface area contributed by atoms with E-state index >= 15 is 0 Å². The van der Waals surface area contributed by atoms with Crippen molar-refractivity contribution in [3.63, 3.8) is 0 Å². The molecule has 0 radical (unpaired) electrons. The number of hydrogen-bond donors (Lipinski definition) is 0. The van der Waals surface area contributed by atoms with E-state index in [2.05, 4.69) is 4.74 Å². The number of carbonyl (C=O) groups is 1. The summed E-state index contributed by atoms with van der Waals surface area (Å²) < 4.78 is 46.5. The van der Waals surface area contributed by atoms with Gasteiger partial charge in [-0.2, -0.15) is 13.2 Å². The zero-order chi connectivity index (χ0) is 13.3. The third kappa shape index (κ3) is 8.97. The van der Waals surface area contributed by atoms with E-state index in [4.69, 9.17) is 4.74 Å². The summed E-state index contributed by atoms with van der Waals surface area (Å²) >= 11 is 0. The molecule has 0 N–H and O–H groups in total. The van der Waals surface area contributed by atoms with Crippen molar-refractivity contribution >= 4 is 5.97 Å². The van der Waals surface area contributed by atoms with Gasteiger partial charge < -0.3 is 9.47 Å². The number of esters is 1. The van der Waals surface area contributed by atoms with Crippen molar-refractivity contribution in [2.75, 3.05) is 13.2 Å². The molecule has 0 fully saturated rings. The van der Waals surface area contributed by atoms with Gasteiger partial charge in [0.25, 0.3) is 0 Å². The first-order valence-corrected chi connectivity index (χ1v) is 5.69. The van der Waals surface area contributed by atoms with Crippen molar-refractivity contribution in [2.45, 2.75) is 51.8 Å². The molecule has 0 spiro atoms. The van der Waals surface area contributed by atoms with Crippen LogP contribution in [0.2, 0.25) is 0 Å². The predicted molar refractivity (Wildman–Crippen MR) is 56.6 cm³/mol. The first-order valence-electron chi connectivity index (χ1n) is 5.69. The van der Waals surface area contributed by atoms with Gasteiger partial charge in [-0.3, -0.25) is 4.79 Å². The smallest absolute Gasteiger partial charge is 0.425 e. The molecule has 3 nitrogen and oxygen atoms in total. The van der Waals surface area contributed by atoms with Crippen LogP contribution in [0.5, 0.6) is 0 Å². The Morgan fingerprint density at radius 3 is 2.35 bits per heavy atom. The van der Waals surface area contributed by atoms with Gasteiger partial charge in [0.15, 0.2) is 6.10 Å². The Kier molecular flexibility index (Phi) is 7.95. The molecule has 6 heteroatoms. The number of ether oxygens (including phenoxy) is 2. The van der Waals surface area contributed by atoms with Crippen molar-refractivity contribution in [2.24, 2.45) is 0 Å². The molecule has 0 aromatic carbocycles. The maximum atomic E-state index is 12.4. The van der Waals surface area contributed by atoms with Gasteiger partial charge in [0.1, 0.15) is 0 Å². The van der Waals surface area contributed by atoms with Crippen molar-refractivity contribution < 1.29 is 27.4 Å². The quantitative estimate of drug-likeness (QED) is 0.494. The fraction of sp³-hybridized carbons (Fsp3) is 0.909. The highest BCUT2D eigenvalue weighted by atomic mass is 19.4. The van der Waals surface area contributed by atoms with Crippen LogP contribution >= 0.6 is 0 Å². The molecule has 17 heavy (non-hydrogen) atoms. The molecule has 0 aromatic heterocycles. The van der Waals surface area contributed by atoms with Crippen LogP contribution in [0.15, 0.2) is 0 Å². The molecule has 0 amide bonds. The summed E-state index contributed by atoms with van der Waals surface area (Å²) in [6, 6.07) is 0. The third-order valence-corrected chi connectivity index (χ3v) is 2.13. The maximum Gasteiger partial charge on any atom is 0.425 e. The molecule has 0 unspecified atom stereocenters. The molecule has 1 atom stereocenters. The molecule has 0 bridgehead atoms. The van der Waals surface area contributed by atoms with E-state index in [-0.39, 0.29) is 6.42 Å². The van der Waals surface area contributed by atoms with Gasteiger partial charge in [0.2, 0.25) is 0 Å². The van der Waals surface area contributed by atoms with Crippen molar-refractivity contribution in [3.8, 4) is 0 Å². The highest BCUT2D eigenvalue weighted by molar-refractivity contribution is 5.66. The molecule has 0 heterocycles. The molecule has 0 aliphatic carbocycles. The summed E-state index contributed by atoms with van der Waals surface area (Å²) in [5.74, 6) is -0.901. The van der Waals surface area contributed by atoms with E-state index in [1.165, 1.54) is 0 Å². The summed E-state index contributed by atoms with van der Waals surface area (Å²) in [4.78, 5) is 10.5. The zero-order valence-electron chi connectivity index (χ0n) is 10.2. The van der Waals surface area contributed by atoms with E-state index in [9.17, 15) is 18.0 Å². The minimum atomic E-state index is -4.48. The van der Waals surface area contributed by atoms with Crippen molar-refractivity contribution in [1.82, 2.24) is 0 Å². The average Bonchev–Trinajstić information content (AvgIpc) is 2.19. The van der Waals surface area contributed by atoms with E-state index in [1.807, 2.05) is 6.92 Å². The van der Waals surface area contributed by atoms with Crippen LogP contribution in [0, 0.1) is 0 Å². The molecule has 0 saturated heterocycles. The fourth-order valence-corrected chi connectivity index (χ4v) is 1.34. The van der Waals surface area contributed by atoms with E-state index in [0.29, 0.717) is 26.1 Å². The molecule has 0 aliphatic heterocycles. The molecule has 102 valence electrons.